The van der Waals surface area contributed by atoms with Crippen LogP contribution in [0.15, 0.2) is 48.5 Å². The molecule has 2 aromatic carbocycles. The smallest absolute Gasteiger partial charge is 0.322 e. The van der Waals surface area contributed by atoms with E-state index in [-0.39, 0.29) is 11.8 Å². The van der Waals surface area contributed by atoms with Crippen molar-refractivity contribution in [1.82, 2.24) is 10.6 Å². The van der Waals surface area contributed by atoms with Crippen LogP contribution in [0.2, 0.25) is 5.02 Å². The van der Waals surface area contributed by atoms with Gasteiger partial charge in [0.25, 0.3) is 5.91 Å². The molecule has 1 spiro atoms. The number of halogens is 1. The maximum atomic E-state index is 12.1. The molecule has 2 fully saturated rings. The van der Waals surface area contributed by atoms with E-state index in [2.05, 4.69) is 10.6 Å². The molecule has 4 rings (SSSR count). The van der Waals surface area contributed by atoms with Crippen LogP contribution in [-0.2, 0) is 11.4 Å². The summed E-state index contributed by atoms with van der Waals surface area (Å²) in [6, 6.07) is 15.3. The van der Waals surface area contributed by atoms with Crippen LogP contribution < -0.4 is 15.4 Å². The van der Waals surface area contributed by atoms with Crippen LogP contribution >= 0.6 is 11.6 Å². The van der Waals surface area contributed by atoms with E-state index in [9.17, 15) is 9.59 Å². The van der Waals surface area contributed by atoms with E-state index in [1.807, 2.05) is 48.5 Å². The first-order valence-electron chi connectivity index (χ1n) is 8.65. The van der Waals surface area contributed by atoms with Crippen molar-refractivity contribution < 1.29 is 14.3 Å². The van der Waals surface area contributed by atoms with Crippen LogP contribution in [0, 0.1) is 0 Å². The van der Waals surface area contributed by atoms with Gasteiger partial charge in [0.05, 0.1) is 5.02 Å². The molecule has 134 valence electrons. The topological polar surface area (TPSA) is 67.4 Å². The summed E-state index contributed by atoms with van der Waals surface area (Å²) in [7, 11) is 0. The number of urea groups is 1. The second-order valence-corrected chi connectivity index (χ2v) is 7.30. The number of hydrogen-bond donors (Lipinski definition) is 2. The van der Waals surface area contributed by atoms with Gasteiger partial charge in [0.15, 0.2) is 0 Å². The molecule has 2 N–H and O–H groups in total. The normalized spacial score (nSPS) is 24.6. The lowest BCUT2D eigenvalue weighted by molar-refractivity contribution is -0.123. The average Bonchev–Trinajstić information content (AvgIpc) is 3.18. The molecular weight excluding hydrogens is 352 g/mol. The van der Waals surface area contributed by atoms with Gasteiger partial charge in [0.1, 0.15) is 17.9 Å². The predicted molar refractivity (Wildman–Crippen MR) is 98.2 cm³/mol. The number of hydrogen-bond acceptors (Lipinski definition) is 3. The van der Waals surface area contributed by atoms with Gasteiger partial charge in [-0.05, 0) is 48.4 Å². The standard InChI is InChI=1S/C20H19ClN2O3/c21-16-10-14(6-7-17(16)26-12-13-4-2-1-3-5-13)15-8-9-20(11-15)18(24)22-19(25)23-20/h1-7,10,15H,8-9,11-12H2,(H2,22,23,24,25)/t15-,20?/m1/s1. The van der Waals surface area contributed by atoms with Gasteiger partial charge in [-0.15, -0.1) is 0 Å². The first-order valence-corrected chi connectivity index (χ1v) is 9.03. The van der Waals surface area contributed by atoms with Crippen LogP contribution in [0.3, 0.4) is 0 Å². The molecule has 1 heterocycles. The van der Waals surface area contributed by atoms with Crippen LogP contribution in [0.1, 0.15) is 36.3 Å². The van der Waals surface area contributed by atoms with Gasteiger partial charge in [-0.3, -0.25) is 10.1 Å². The SMILES string of the molecule is O=C1NC(=O)C2(CC[C@@H](c3ccc(OCc4ccccc4)c(Cl)c3)C2)N1. The predicted octanol–water partition coefficient (Wildman–Crippen LogP) is 3.76. The third kappa shape index (κ3) is 3.15. The van der Waals surface area contributed by atoms with Crippen LogP contribution in [0.4, 0.5) is 4.79 Å². The monoisotopic (exact) mass is 370 g/mol. The highest BCUT2D eigenvalue weighted by atomic mass is 35.5. The Morgan fingerprint density at radius 2 is 1.96 bits per heavy atom. The number of rotatable bonds is 4. The van der Waals surface area contributed by atoms with Gasteiger partial charge in [-0.25, -0.2) is 4.79 Å². The van der Waals surface area contributed by atoms with Crippen molar-refractivity contribution in [2.24, 2.45) is 0 Å². The zero-order valence-corrected chi connectivity index (χ0v) is 14.9. The summed E-state index contributed by atoms with van der Waals surface area (Å²) in [5.41, 5.74) is 1.37. The number of imide groups is 1. The summed E-state index contributed by atoms with van der Waals surface area (Å²) in [5, 5.41) is 5.68. The highest BCUT2D eigenvalue weighted by Crippen LogP contribution is 2.43. The molecule has 2 atom stereocenters. The molecule has 26 heavy (non-hydrogen) atoms. The molecule has 1 unspecified atom stereocenters. The fraction of sp³-hybridized carbons (Fsp3) is 0.300. The van der Waals surface area contributed by atoms with Crippen LogP contribution in [0.25, 0.3) is 0 Å². The number of nitrogens with one attached hydrogen (secondary N) is 2. The molecule has 1 aliphatic carbocycles. The number of amides is 3. The maximum absolute atomic E-state index is 12.1. The van der Waals surface area contributed by atoms with Gasteiger partial charge in [-0.2, -0.15) is 0 Å². The Balaban J connectivity index is 1.45. The van der Waals surface area contributed by atoms with Crippen molar-refractivity contribution in [2.75, 3.05) is 0 Å². The Morgan fingerprint density at radius 3 is 2.65 bits per heavy atom. The van der Waals surface area contributed by atoms with E-state index < -0.39 is 11.6 Å². The van der Waals surface area contributed by atoms with Crippen molar-refractivity contribution in [3.63, 3.8) is 0 Å². The fourth-order valence-corrected chi connectivity index (χ4v) is 4.04. The van der Waals surface area contributed by atoms with Gasteiger partial charge >= 0.3 is 6.03 Å². The molecular formula is C20H19ClN2O3. The van der Waals surface area contributed by atoms with E-state index >= 15 is 0 Å². The Labute approximate surface area is 156 Å². The summed E-state index contributed by atoms with van der Waals surface area (Å²) < 4.78 is 5.81. The quantitative estimate of drug-likeness (QED) is 0.805. The summed E-state index contributed by atoms with van der Waals surface area (Å²) in [4.78, 5) is 23.6. The molecule has 6 heteroatoms. The van der Waals surface area contributed by atoms with Crippen molar-refractivity contribution >= 4 is 23.5 Å². The average molecular weight is 371 g/mol. The number of carbonyl (C=O) groups is 2. The van der Waals surface area contributed by atoms with Gasteiger partial charge in [-0.1, -0.05) is 48.0 Å². The van der Waals surface area contributed by atoms with Crippen molar-refractivity contribution in [2.45, 2.75) is 37.3 Å². The lowest BCUT2D eigenvalue weighted by Crippen LogP contribution is -2.44. The third-order valence-electron chi connectivity index (χ3n) is 5.19. The summed E-state index contributed by atoms with van der Waals surface area (Å²) >= 11 is 6.40. The van der Waals surface area contributed by atoms with E-state index in [4.69, 9.17) is 16.3 Å². The van der Waals surface area contributed by atoms with Gasteiger partial charge in [0.2, 0.25) is 0 Å². The summed E-state index contributed by atoms with van der Waals surface area (Å²) in [6.45, 7) is 0.457. The van der Waals surface area contributed by atoms with Crippen LogP contribution in [0.5, 0.6) is 5.75 Å². The first-order chi connectivity index (χ1) is 12.6. The Bertz CT molecular complexity index is 855. The van der Waals surface area contributed by atoms with E-state index in [0.717, 1.165) is 17.5 Å². The lowest BCUT2D eigenvalue weighted by Gasteiger charge is -2.20. The minimum Gasteiger partial charge on any atom is -0.487 e. The molecule has 1 saturated carbocycles. The molecule has 0 radical (unpaired) electrons. The Morgan fingerprint density at radius 1 is 1.15 bits per heavy atom. The second kappa shape index (κ2) is 6.65. The number of benzene rings is 2. The van der Waals surface area contributed by atoms with Crippen molar-refractivity contribution in [1.29, 1.82) is 0 Å². The molecule has 0 aromatic heterocycles. The van der Waals surface area contributed by atoms with E-state index in [1.165, 1.54) is 0 Å². The Hall–Kier alpha value is -2.53. The zero-order valence-electron chi connectivity index (χ0n) is 14.1. The van der Waals surface area contributed by atoms with Crippen molar-refractivity contribution in [3.8, 4) is 5.75 Å². The molecule has 2 aliphatic rings. The van der Waals surface area contributed by atoms with E-state index in [1.54, 1.807) is 0 Å². The first kappa shape index (κ1) is 16.9. The minimum atomic E-state index is -0.767. The molecule has 2 aromatic rings. The van der Waals surface area contributed by atoms with Crippen molar-refractivity contribution in [3.05, 3.63) is 64.7 Å². The minimum absolute atomic E-state index is 0.180. The molecule has 3 amide bonds. The summed E-state index contributed by atoms with van der Waals surface area (Å²) in [5.74, 6) is 0.595. The zero-order chi connectivity index (χ0) is 18.1. The molecule has 1 aliphatic heterocycles. The number of carbonyl (C=O) groups excluding carboxylic acids is 2. The number of ether oxygens (including phenoxy) is 1. The van der Waals surface area contributed by atoms with E-state index in [0.29, 0.717) is 30.2 Å². The summed E-state index contributed by atoms with van der Waals surface area (Å²) in [6.07, 6.45) is 2.05. The third-order valence-corrected chi connectivity index (χ3v) is 5.49. The highest BCUT2D eigenvalue weighted by Gasteiger charge is 2.51. The lowest BCUT2D eigenvalue weighted by atomic mass is 9.92. The highest BCUT2D eigenvalue weighted by molar-refractivity contribution is 6.32. The Kier molecular flexibility index (Phi) is 4.32. The maximum Gasteiger partial charge on any atom is 0.322 e. The molecule has 0 bridgehead atoms. The van der Waals surface area contributed by atoms with Gasteiger partial charge in [0, 0.05) is 0 Å². The fourth-order valence-electron chi connectivity index (χ4n) is 3.80. The molecule has 1 saturated heterocycles. The largest absolute Gasteiger partial charge is 0.487 e. The second-order valence-electron chi connectivity index (χ2n) is 6.89. The van der Waals surface area contributed by atoms with Gasteiger partial charge < -0.3 is 10.1 Å². The van der Waals surface area contributed by atoms with Crippen LogP contribution in [-0.4, -0.2) is 17.5 Å². The molecule has 5 nitrogen and oxygen atoms in total.